The summed E-state index contributed by atoms with van der Waals surface area (Å²) in [6.07, 6.45) is 0.441. The van der Waals surface area contributed by atoms with E-state index in [-0.39, 0.29) is 11.7 Å². The molecule has 86 valence electrons. The number of hydrogen-bond acceptors (Lipinski definition) is 2. The molecule has 0 spiro atoms. The summed E-state index contributed by atoms with van der Waals surface area (Å²) < 4.78 is 31.0. The maximum atomic E-state index is 13.3. The molecule has 0 heterocycles. The van der Waals surface area contributed by atoms with Crippen LogP contribution in [0.4, 0.5) is 8.78 Å². The van der Waals surface area contributed by atoms with Gasteiger partial charge in [0.25, 0.3) is 0 Å². The van der Waals surface area contributed by atoms with E-state index in [1.54, 1.807) is 0 Å². The highest BCUT2D eigenvalue weighted by Gasteiger charge is 2.46. The van der Waals surface area contributed by atoms with E-state index in [1.807, 2.05) is 0 Å². The molecule has 0 amide bonds. The fourth-order valence-corrected chi connectivity index (χ4v) is 1.86. The SMILES string of the molecule is COc1c([C@@H]2C[C@H]2C(=O)O)ccc(F)c1F. The maximum absolute atomic E-state index is 13.3. The van der Waals surface area contributed by atoms with Gasteiger partial charge in [0.1, 0.15) is 0 Å². The second kappa shape index (κ2) is 3.73. The lowest BCUT2D eigenvalue weighted by atomic mass is 10.1. The fraction of sp³-hybridized carbons (Fsp3) is 0.364. The minimum atomic E-state index is -1.06. The molecule has 1 aromatic rings. The zero-order valence-corrected chi connectivity index (χ0v) is 8.54. The summed E-state index contributed by atoms with van der Waals surface area (Å²) in [4.78, 5) is 10.7. The average Bonchev–Trinajstić information content (AvgIpc) is 3.01. The summed E-state index contributed by atoms with van der Waals surface area (Å²) >= 11 is 0. The van der Waals surface area contributed by atoms with Gasteiger partial charge in [-0.15, -0.1) is 0 Å². The minimum absolute atomic E-state index is 0.186. The van der Waals surface area contributed by atoms with Crippen LogP contribution >= 0.6 is 0 Å². The van der Waals surface area contributed by atoms with Crippen LogP contribution in [0, 0.1) is 17.6 Å². The van der Waals surface area contributed by atoms with Crippen molar-refractivity contribution in [3.63, 3.8) is 0 Å². The Morgan fingerprint density at radius 3 is 2.69 bits per heavy atom. The van der Waals surface area contributed by atoms with Crippen LogP contribution in [0.2, 0.25) is 0 Å². The van der Waals surface area contributed by atoms with Gasteiger partial charge in [-0.2, -0.15) is 4.39 Å². The van der Waals surface area contributed by atoms with Crippen LogP contribution in [-0.4, -0.2) is 18.2 Å². The van der Waals surface area contributed by atoms with Crippen molar-refractivity contribution in [3.8, 4) is 5.75 Å². The summed E-state index contributed by atoms with van der Waals surface area (Å²) in [5.74, 6) is -3.95. The van der Waals surface area contributed by atoms with Gasteiger partial charge in [-0.1, -0.05) is 6.07 Å². The lowest BCUT2D eigenvalue weighted by Crippen LogP contribution is -2.02. The second-order valence-corrected chi connectivity index (χ2v) is 3.77. The molecular weight excluding hydrogens is 218 g/mol. The van der Waals surface area contributed by atoms with E-state index in [9.17, 15) is 13.6 Å². The van der Waals surface area contributed by atoms with Crippen LogP contribution in [-0.2, 0) is 4.79 Å². The standard InChI is InChI=1S/C11H10F2O3/c1-16-10-5(2-3-8(12)9(10)13)6-4-7(6)11(14)15/h2-3,6-7H,4H2,1H3,(H,14,15)/t6-,7+/m0/s1. The van der Waals surface area contributed by atoms with Crippen LogP contribution in [0.1, 0.15) is 17.9 Å². The van der Waals surface area contributed by atoms with Gasteiger partial charge in [-0.05, 0) is 12.5 Å². The molecule has 0 bridgehead atoms. The predicted octanol–water partition coefficient (Wildman–Crippen LogP) is 2.16. The Hall–Kier alpha value is -1.65. The number of rotatable bonds is 3. The number of aliphatic carboxylic acids is 1. The predicted molar refractivity (Wildman–Crippen MR) is 51.4 cm³/mol. The number of carboxylic acid groups (broad SMARTS) is 1. The number of carboxylic acids is 1. The Morgan fingerprint density at radius 1 is 1.50 bits per heavy atom. The van der Waals surface area contributed by atoms with E-state index in [1.165, 1.54) is 13.2 Å². The Labute approximate surface area is 90.7 Å². The van der Waals surface area contributed by atoms with E-state index < -0.39 is 23.5 Å². The zero-order chi connectivity index (χ0) is 11.9. The van der Waals surface area contributed by atoms with E-state index in [0.717, 1.165) is 6.07 Å². The highest BCUT2D eigenvalue weighted by Crippen LogP contribution is 2.51. The van der Waals surface area contributed by atoms with Crippen LogP contribution in [0.3, 0.4) is 0 Å². The largest absolute Gasteiger partial charge is 0.493 e. The molecule has 1 aliphatic rings. The van der Waals surface area contributed by atoms with Crippen molar-refractivity contribution >= 4 is 5.97 Å². The van der Waals surface area contributed by atoms with Crippen LogP contribution in [0.15, 0.2) is 12.1 Å². The first-order chi connectivity index (χ1) is 7.56. The topological polar surface area (TPSA) is 46.5 Å². The number of methoxy groups -OCH3 is 1. The minimum Gasteiger partial charge on any atom is -0.493 e. The van der Waals surface area contributed by atoms with Crippen molar-refractivity contribution in [2.45, 2.75) is 12.3 Å². The van der Waals surface area contributed by atoms with E-state index >= 15 is 0 Å². The molecule has 16 heavy (non-hydrogen) atoms. The lowest BCUT2D eigenvalue weighted by Gasteiger charge is -2.09. The summed E-state index contributed by atoms with van der Waals surface area (Å²) in [6.45, 7) is 0. The molecule has 2 rings (SSSR count). The van der Waals surface area contributed by atoms with Gasteiger partial charge >= 0.3 is 5.97 Å². The molecule has 3 nitrogen and oxygen atoms in total. The monoisotopic (exact) mass is 228 g/mol. The summed E-state index contributed by atoms with van der Waals surface area (Å²) in [6, 6.07) is 2.37. The van der Waals surface area contributed by atoms with Crippen molar-refractivity contribution in [2.75, 3.05) is 7.11 Å². The van der Waals surface area contributed by atoms with Crippen LogP contribution in [0.5, 0.6) is 5.75 Å². The van der Waals surface area contributed by atoms with E-state index in [4.69, 9.17) is 9.84 Å². The normalized spacial score (nSPS) is 22.9. The zero-order valence-electron chi connectivity index (χ0n) is 8.54. The van der Waals surface area contributed by atoms with Gasteiger partial charge in [0, 0.05) is 11.5 Å². The molecule has 0 unspecified atom stereocenters. The maximum Gasteiger partial charge on any atom is 0.307 e. The number of benzene rings is 1. The lowest BCUT2D eigenvalue weighted by molar-refractivity contribution is -0.138. The van der Waals surface area contributed by atoms with Crippen molar-refractivity contribution in [1.82, 2.24) is 0 Å². The highest BCUT2D eigenvalue weighted by atomic mass is 19.2. The highest BCUT2D eigenvalue weighted by molar-refractivity contribution is 5.75. The average molecular weight is 228 g/mol. The van der Waals surface area contributed by atoms with Crippen molar-refractivity contribution < 1.29 is 23.4 Å². The van der Waals surface area contributed by atoms with Crippen molar-refractivity contribution in [1.29, 1.82) is 0 Å². The van der Waals surface area contributed by atoms with E-state index in [2.05, 4.69) is 0 Å². The Bertz CT molecular complexity index is 445. The third-order valence-corrected chi connectivity index (χ3v) is 2.79. The van der Waals surface area contributed by atoms with Crippen molar-refractivity contribution in [2.24, 2.45) is 5.92 Å². The van der Waals surface area contributed by atoms with Crippen LogP contribution in [0.25, 0.3) is 0 Å². The Balaban J connectivity index is 2.36. The van der Waals surface area contributed by atoms with Gasteiger partial charge in [0.05, 0.1) is 13.0 Å². The molecule has 0 saturated heterocycles. The summed E-state index contributed by atoms with van der Waals surface area (Å²) in [7, 11) is 1.24. The molecule has 2 atom stereocenters. The molecular formula is C11H10F2O3. The second-order valence-electron chi connectivity index (χ2n) is 3.77. The van der Waals surface area contributed by atoms with Gasteiger partial charge in [0.2, 0.25) is 5.82 Å². The molecule has 5 heteroatoms. The third-order valence-electron chi connectivity index (χ3n) is 2.79. The number of hydrogen-bond donors (Lipinski definition) is 1. The molecule has 1 saturated carbocycles. The van der Waals surface area contributed by atoms with Gasteiger partial charge in [-0.25, -0.2) is 4.39 Å². The third kappa shape index (κ3) is 1.62. The van der Waals surface area contributed by atoms with E-state index in [0.29, 0.717) is 12.0 Å². The Morgan fingerprint density at radius 2 is 2.19 bits per heavy atom. The first kappa shape index (κ1) is 10.9. The molecule has 0 aromatic heterocycles. The van der Waals surface area contributed by atoms with Gasteiger partial charge < -0.3 is 9.84 Å². The number of ether oxygens (including phenoxy) is 1. The number of carbonyl (C=O) groups is 1. The molecule has 1 fully saturated rings. The quantitative estimate of drug-likeness (QED) is 0.862. The Kier molecular flexibility index (Phi) is 2.53. The first-order valence-corrected chi connectivity index (χ1v) is 4.81. The molecule has 1 aromatic carbocycles. The van der Waals surface area contributed by atoms with Gasteiger partial charge in [-0.3, -0.25) is 4.79 Å². The summed E-state index contributed by atoms with van der Waals surface area (Å²) in [5.41, 5.74) is 0.425. The molecule has 1 aliphatic carbocycles. The summed E-state index contributed by atoms with van der Waals surface area (Å²) in [5, 5.41) is 8.76. The number of halogens is 2. The van der Waals surface area contributed by atoms with Gasteiger partial charge in [0.15, 0.2) is 11.6 Å². The molecule has 0 radical (unpaired) electrons. The molecule has 0 aliphatic heterocycles. The van der Waals surface area contributed by atoms with Crippen molar-refractivity contribution in [3.05, 3.63) is 29.3 Å². The van der Waals surface area contributed by atoms with Crippen LogP contribution < -0.4 is 4.74 Å². The molecule has 1 N–H and O–H groups in total. The fourth-order valence-electron chi connectivity index (χ4n) is 1.86. The first-order valence-electron chi connectivity index (χ1n) is 4.81. The smallest absolute Gasteiger partial charge is 0.307 e.